The molecule has 3 rings (SSSR count). The molecule has 3 aromatic carbocycles. The molecule has 0 saturated carbocycles. The van der Waals surface area contributed by atoms with E-state index < -0.39 is 24.3 Å². The minimum Gasteiger partial charge on any atom is -0.543 e. The van der Waals surface area contributed by atoms with Gasteiger partial charge in [0.15, 0.2) is 0 Å². The van der Waals surface area contributed by atoms with E-state index in [1.165, 1.54) is 23.8 Å². The molecular formula is C28H29FKN3O5. The SMILES string of the molecule is Nc1cc(C[C@H](NC(=O)c2ccccc2)C(=O)NCCCCc2ccccc2)ccc1OC(F)C(=O)[O-].[K+]. The van der Waals surface area contributed by atoms with Crippen LogP contribution in [0, 0.1) is 0 Å². The fourth-order valence-corrected chi connectivity index (χ4v) is 3.70. The van der Waals surface area contributed by atoms with E-state index in [9.17, 15) is 23.9 Å². The molecule has 3 aromatic rings. The number of carbonyl (C=O) groups is 3. The Bertz CT molecular complexity index is 1200. The number of carboxylic acids is 1. The van der Waals surface area contributed by atoms with Crippen molar-refractivity contribution in [1.29, 1.82) is 0 Å². The van der Waals surface area contributed by atoms with E-state index in [1.807, 2.05) is 18.2 Å². The third-order valence-electron chi connectivity index (χ3n) is 5.62. The van der Waals surface area contributed by atoms with Gasteiger partial charge in [0, 0.05) is 18.5 Å². The first-order chi connectivity index (χ1) is 17.8. The molecule has 0 bridgehead atoms. The van der Waals surface area contributed by atoms with Crippen LogP contribution in [-0.4, -0.2) is 36.7 Å². The molecule has 0 saturated heterocycles. The Morgan fingerprint density at radius 3 is 2.21 bits per heavy atom. The molecule has 10 heteroatoms. The number of nitrogen functional groups attached to an aromatic ring is 1. The second kappa shape index (κ2) is 16.3. The smallest absolute Gasteiger partial charge is 0.543 e. The molecule has 2 amide bonds. The zero-order valence-electron chi connectivity index (χ0n) is 21.2. The molecule has 0 aliphatic heterocycles. The molecule has 0 heterocycles. The zero-order valence-corrected chi connectivity index (χ0v) is 24.3. The van der Waals surface area contributed by atoms with Crippen LogP contribution in [0.4, 0.5) is 10.1 Å². The van der Waals surface area contributed by atoms with E-state index in [-0.39, 0.29) is 75.1 Å². The van der Waals surface area contributed by atoms with Crippen LogP contribution in [0.2, 0.25) is 0 Å². The summed E-state index contributed by atoms with van der Waals surface area (Å²) in [6.07, 6.45) is -0.0138. The summed E-state index contributed by atoms with van der Waals surface area (Å²) in [4.78, 5) is 36.4. The number of carbonyl (C=O) groups excluding carboxylic acids is 3. The summed E-state index contributed by atoms with van der Waals surface area (Å²) in [6.45, 7) is 0.444. The second-order valence-corrected chi connectivity index (χ2v) is 8.46. The van der Waals surface area contributed by atoms with Crippen LogP contribution in [-0.2, 0) is 22.4 Å². The number of nitrogens with two attached hydrogens (primary N) is 1. The fraction of sp³-hybridized carbons (Fsp3) is 0.250. The third kappa shape index (κ3) is 10.2. The van der Waals surface area contributed by atoms with Gasteiger partial charge in [-0.25, -0.2) is 0 Å². The van der Waals surface area contributed by atoms with Crippen LogP contribution in [0.15, 0.2) is 78.9 Å². The van der Waals surface area contributed by atoms with Crippen molar-refractivity contribution in [3.8, 4) is 5.75 Å². The number of amides is 2. The van der Waals surface area contributed by atoms with Gasteiger partial charge in [-0.1, -0.05) is 54.6 Å². The Kier molecular flexibility index (Phi) is 13.5. The molecule has 0 spiro atoms. The largest absolute Gasteiger partial charge is 1.00 e. The summed E-state index contributed by atoms with van der Waals surface area (Å²) in [5, 5.41) is 16.2. The molecule has 0 fully saturated rings. The van der Waals surface area contributed by atoms with Gasteiger partial charge >= 0.3 is 51.4 Å². The van der Waals surface area contributed by atoms with E-state index in [0.717, 1.165) is 19.3 Å². The summed E-state index contributed by atoms with van der Waals surface area (Å²) in [6, 6.07) is 21.9. The van der Waals surface area contributed by atoms with Gasteiger partial charge in [0.05, 0.1) is 5.69 Å². The second-order valence-electron chi connectivity index (χ2n) is 8.46. The van der Waals surface area contributed by atoms with E-state index in [4.69, 9.17) is 5.73 Å². The number of aliphatic carboxylic acids is 1. The number of hydrogen-bond acceptors (Lipinski definition) is 6. The van der Waals surface area contributed by atoms with E-state index in [0.29, 0.717) is 17.7 Å². The number of aryl methyl sites for hydroxylation is 1. The number of halogens is 1. The van der Waals surface area contributed by atoms with Crippen molar-refractivity contribution >= 4 is 23.5 Å². The van der Waals surface area contributed by atoms with Gasteiger partial charge in [0.25, 0.3) is 12.3 Å². The molecule has 38 heavy (non-hydrogen) atoms. The van der Waals surface area contributed by atoms with Crippen molar-refractivity contribution in [2.24, 2.45) is 0 Å². The maximum Gasteiger partial charge on any atom is 1.00 e. The Morgan fingerprint density at radius 1 is 0.921 bits per heavy atom. The Labute approximate surface area is 263 Å². The standard InChI is InChI=1S/C28H30FN3O5.K/c29-25(28(35)36)37-24-15-14-20(17-22(24)30)18-23(32-26(33)21-12-5-2-6-13-21)27(34)31-16-8-7-11-19-9-3-1-4-10-19;/h1-6,9-10,12-15,17,23,25H,7-8,11,16,18,30H2,(H,31,34)(H,32,33)(H,35,36);/q;+1/p-1/t23-,25?;/m0./s1. The van der Waals surface area contributed by atoms with Crippen LogP contribution < -0.4 is 77.6 Å². The van der Waals surface area contributed by atoms with Crippen LogP contribution >= 0.6 is 0 Å². The molecule has 1 unspecified atom stereocenters. The Hall–Kier alpha value is -2.76. The zero-order chi connectivity index (χ0) is 26.6. The van der Waals surface area contributed by atoms with Crippen LogP contribution in [0.5, 0.6) is 5.75 Å². The van der Waals surface area contributed by atoms with Gasteiger partial charge in [0.2, 0.25) is 5.91 Å². The van der Waals surface area contributed by atoms with Crippen molar-refractivity contribution in [1.82, 2.24) is 10.6 Å². The molecule has 4 N–H and O–H groups in total. The first kappa shape index (κ1) is 31.5. The quantitative estimate of drug-likeness (QED) is 0.146. The van der Waals surface area contributed by atoms with Crippen LogP contribution in [0.3, 0.4) is 0 Å². The number of unbranched alkanes of at least 4 members (excludes halogenated alkanes) is 1. The molecule has 194 valence electrons. The normalized spacial score (nSPS) is 11.9. The summed E-state index contributed by atoms with van der Waals surface area (Å²) >= 11 is 0. The van der Waals surface area contributed by atoms with E-state index in [1.54, 1.807) is 30.3 Å². The Balaban J connectivity index is 0.00000507. The number of carboxylic acid groups (broad SMARTS) is 1. The van der Waals surface area contributed by atoms with Crippen molar-refractivity contribution in [3.63, 3.8) is 0 Å². The maximum atomic E-state index is 13.3. The van der Waals surface area contributed by atoms with Crippen LogP contribution in [0.1, 0.15) is 34.3 Å². The third-order valence-corrected chi connectivity index (χ3v) is 5.62. The van der Waals surface area contributed by atoms with Gasteiger partial charge in [0.1, 0.15) is 17.8 Å². The van der Waals surface area contributed by atoms with Gasteiger partial charge in [-0.05, 0) is 54.7 Å². The number of ether oxygens (including phenoxy) is 1. The predicted octanol–water partition coefficient (Wildman–Crippen LogP) is -0.823. The number of rotatable bonds is 13. The van der Waals surface area contributed by atoms with Crippen LogP contribution in [0.25, 0.3) is 0 Å². The number of anilines is 1. The predicted molar refractivity (Wildman–Crippen MR) is 135 cm³/mol. The van der Waals surface area contributed by atoms with Gasteiger partial charge in [-0.2, -0.15) is 4.39 Å². The number of benzene rings is 3. The Morgan fingerprint density at radius 2 is 1.58 bits per heavy atom. The molecule has 0 aliphatic carbocycles. The van der Waals surface area contributed by atoms with Gasteiger partial charge in [-0.15, -0.1) is 0 Å². The summed E-state index contributed by atoms with van der Waals surface area (Å²) in [5.41, 5.74) is 8.06. The summed E-state index contributed by atoms with van der Waals surface area (Å²) < 4.78 is 18.0. The average molecular weight is 546 g/mol. The molecule has 2 atom stereocenters. The number of hydrogen-bond donors (Lipinski definition) is 3. The van der Waals surface area contributed by atoms with Crippen molar-refractivity contribution in [3.05, 3.63) is 95.6 Å². The van der Waals surface area contributed by atoms with Gasteiger partial charge < -0.3 is 31.0 Å². The minimum atomic E-state index is -2.67. The number of alkyl halides is 1. The summed E-state index contributed by atoms with van der Waals surface area (Å²) in [7, 11) is 0. The first-order valence-corrected chi connectivity index (χ1v) is 11.9. The molecule has 0 aliphatic rings. The monoisotopic (exact) mass is 545 g/mol. The molecule has 0 aromatic heterocycles. The van der Waals surface area contributed by atoms with Crippen molar-refractivity contribution < 1.29 is 80.0 Å². The van der Waals surface area contributed by atoms with Gasteiger partial charge in [-0.3, -0.25) is 9.59 Å². The van der Waals surface area contributed by atoms with Crippen molar-refractivity contribution in [2.45, 2.75) is 38.1 Å². The minimum absolute atomic E-state index is 0. The summed E-state index contributed by atoms with van der Waals surface area (Å²) in [5.74, 6) is -2.96. The molecule has 8 nitrogen and oxygen atoms in total. The fourth-order valence-electron chi connectivity index (χ4n) is 3.70. The average Bonchev–Trinajstić information content (AvgIpc) is 2.90. The first-order valence-electron chi connectivity index (χ1n) is 11.9. The number of nitrogens with one attached hydrogen (secondary N) is 2. The van der Waals surface area contributed by atoms with E-state index >= 15 is 0 Å². The topological polar surface area (TPSA) is 134 Å². The molecular weight excluding hydrogens is 516 g/mol. The van der Waals surface area contributed by atoms with Crippen molar-refractivity contribution in [2.75, 3.05) is 12.3 Å². The maximum absolute atomic E-state index is 13.3. The van der Waals surface area contributed by atoms with E-state index in [2.05, 4.69) is 27.5 Å². The molecule has 0 radical (unpaired) electrons.